The lowest BCUT2D eigenvalue weighted by Crippen LogP contribution is -2.21. The highest BCUT2D eigenvalue weighted by Gasteiger charge is 2.30. The highest BCUT2D eigenvalue weighted by molar-refractivity contribution is 9.09. The van der Waals surface area contributed by atoms with E-state index in [9.17, 15) is 4.57 Å². The van der Waals surface area contributed by atoms with Gasteiger partial charge in [-0.25, -0.2) is 4.57 Å². The van der Waals surface area contributed by atoms with Gasteiger partial charge in [-0.2, -0.15) is 0 Å². The molecule has 0 aliphatic heterocycles. The lowest BCUT2D eigenvalue weighted by Gasteiger charge is -2.24. The second kappa shape index (κ2) is 9.29. The van der Waals surface area contributed by atoms with E-state index in [0.29, 0.717) is 5.33 Å². The maximum atomic E-state index is 12.1. The lowest BCUT2D eigenvalue weighted by molar-refractivity contribution is 0.0943. The molecule has 0 bridgehead atoms. The molecule has 0 N–H and O–H groups in total. The minimum Gasteiger partial charge on any atom is -0.286 e. The van der Waals surface area contributed by atoms with E-state index in [-0.39, 0.29) is 31.1 Å². The van der Waals surface area contributed by atoms with Gasteiger partial charge in [-0.05, 0) is 5.41 Å². The summed E-state index contributed by atoms with van der Waals surface area (Å²) in [6, 6.07) is 0. The van der Waals surface area contributed by atoms with Crippen molar-refractivity contribution in [2.75, 3.05) is 36.4 Å². The standard InChI is InChI=1S/C9H18Br2ClO4P/c1-9(2,7-11)8-16-17(13,14-5-3-10)15-6-4-12/h3-8H2,1-2H3. The molecule has 1 atom stereocenters. The van der Waals surface area contributed by atoms with Crippen LogP contribution in [0.3, 0.4) is 0 Å². The summed E-state index contributed by atoms with van der Waals surface area (Å²) in [6.45, 7) is 4.64. The maximum absolute atomic E-state index is 12.1. The Hall–Kier alpha value is 1.36. The summed E-state index contributed by atoms with van der Waals surface area (Å²) in [6.07, 6.45) is 0. The predicted octanol–water partition coefficient (Wildman–Crippen LogP) is 4.20. The molecular weight excluding hydrogens is 398 g/mol. The fraction of sp³-hybridized carbons (Fsp3) is 1.00. The van der Waals surface area contributed by atoms with Crippen molar-refractivity contribution in [1.82, 2.24) is 0 Å². The van der Waals surface area contributed by atoms with E-state index in [0.717, 1.165) is 5.33 Å². The van der Waals surface area contributed by atoms with Gasteiger partial charge in [-0.15, -0.1) is 11.6 Å². The predicted molar refractivity (Wildman–Crippen MR) is 77.6 cm³/mol. The Morgan fingerprint density at radius 2 is 1.76 bits per heavy atom. The number of alkyl halides is 3. The molecule has 0 spiro atoms. The lowest BCUT2D eigenvalue weighted by atomic mass is 9.99. The van der Waals surface area contributed by atoms with E-state index in [1.807, 2.05) is 13.8 Å². The first-order valence-corrected chi connectivity index (χ1v) is 9.34. The number of phosphoric acid groups is 1. The molecule has 0 amide bonds. The Kier molecular flexibility index (Phi) is 10.0. The van der Waals surface area contributed by atoms with Crippen molar-refractivity contribution >= 4 is 51.3 Å². The first-order chi connectivity index (χ1) is 7.89. The Morgan fingerprint density at radius 1 is 1.18 bits per heavy atom. The van der Waals surface area contributed by atoms with Crippen molar-refractivity contribution in [1.29, 1.82) is 0 Å². The molecule has 1 unspecified atom stereocenters. The summed E-state index contributed by atoms with van der Waals surface area (Å²) in [5.41, 5.74) is -0.141. The topological polar surface area (TPSA) is 44.8 Å². The molecule has 0 aliphatic rings. The van der Waals surface area contributed by atoms with E-state index in [4.69, 9.17) is 25.2 Å². The molecule has 17 heavy (non-hydrogen) atoms. The van der Waals surface area contributed by atoms with Crippen LogP contribution in [0.25, 0.3) is 0 Å². The molecule has 0 aliphatic carbocycles. The molecule has 0 fully saturated rings. The van der Waals surface area contributed by atoms with Crippen LogP contribution >= 0.6 is 51.3 Å². The van der Waals surface area contributed by atoms with Gasteiger partial charge in [0.2, 0.25) is 0 Å². The van der Waals surface area contributed by atoms with Crippen LogP contribution in [-0.4, -0.2) is 36.4 Å². The van der Waals surface area contributed by atoms with Gasteiger partial charge in [0.15, 0.2) is 0 Å². The van der Waals surface area contributed by atoms with Crippen LogP contribution in [0, 0.1) is 5.41 Å². The van der Waals surface area contributed by atoms with Crippen molar-refractivity contribution < 1.29 is 18.1 Å². The Bertz CT molecular complexity index is 241. The van der Waals surface area contributed by atoms with Crippen molar-refractivity contribution in [2.24, 2.45) is 5.41 Å². The molecule has 0 aromatic rings. The average Bonchev–Trinajstić information content (AvgIpc) is 2.32. The average molecular weight is 416 g/mol. The van der Waals surface area contributed by atoms with Crippen LogP contribution in [0.4, 0.5) is 0 Å². The maximum Gasteiger partial charge on any atom is 0.474 e. The van der Waals surface area contributed by atoms with Crippen molar-refractivity contribution in [3.63, 3.8) is 0 Å². The van der Waals surface area contributed by atoms with E-state index in [1.165, 1.54) is 0 Å². The molecule has 0 heterocycles. The Morgan fingerprint density at radius 3 is 2.24 bits per heavy atom. The van der Waals surface area contributed by atoms with Gasteiger partial charge in [0.05, 0.1) is 19.8 Å². The third-order valence-corrected chi connectivity index (χ3v) is 5.07. The molecule has 0 saturated heterocycles. The summed E-state index contributed by atoms with van der Waals surface area (Å²) in [5, 5.41) is 1.29. The molecule has 8 heteroatoms. The van der Waals surface area contributed by atoms with Crippen LogP contribution in [0.15, 0.2) is 0 Å². The van der Waals surface area contributed by atoms with Gasteiger partial charge in [0.1, 0.15) is 0 Å². The van der Waals surface area contributed by atoms with Crippen LogP contribution < -0.4 is 0 Å². The zero-order valence-electron chi connectivity index (χ0n) is 9.96. The number of phosphoric ester groups is 1. The van der Waals surface area contributed by atoms with Gasteiger partial charge in [0, 0.05) is 16.5 Å². The molecule has 0 saturated carbocycles. The highest BCUT2D eigenvalue weighted by Crippen LogP contribution is 2.50. The van der Waals surface area contributed by atoms with Gasteiger partial charge < -0.3 is 0 Å². The van der Waals surface area contributed by atoms with E-state index in [2.05, 4.69) is 31.9 Å². The molecule has 0 aromatic carbocycles. The fourth-order valence-corrected chi connectivity index (χ4v) is 2.82. The van der Waals surface area contributed by atoms with Crippen LogP contribution in [0.5, 0.6) is 0 Å². The van der Waals surface area contributed by atoms with Gasteiger partial charge >= 0.3 is 7.82 Å². The fourth-order valence-electron chi connectivity index (χ4n) is 0.697. The van der Waals surface area contributed by atoms with Gasteiger partial charge in [-0.3, -0.25) is 13.6 Å². The SMILES string of the molecule is CC(C)(CBr)COP(=O)(OCCCl)OCCBr. The molecule has 0 rings (SSSR count). The summed E-state index contributed by atoms with van der Waals surface area (Å²) >= 11 is 12.0. The van der Waals surface area contributed by atoms with Crippen molar-refractivity contribution in [2.45, 2.75) is 13.8 Å². The number of hydrogen-bond acceptors (Lipinski definition) is 4. The van der Waals surface area contributed by atoms with Crippen molar-refractivity contribution in [3.05, 3.63) is 0 Å². The van der Waals surface area contributed by atoms with Gasteiger partial charge in [0.25, 0.3) is 0 Å². The summed E-state index contributed by atoms with van der Waals surface area (Å²) in [5.74, 6) is 0.243. The summed E-state index contributed by atoms with van der Waals surface area (Å²) in [4.78, 5) is 0. The second-order valence-electron chi connectivity index (χ2n) is 4.06. The summed E-state index contributed by atoms with van der Waals surface area (Å²) in [7, 11) is -3.50. The normalized spacial score (nSPS) is 15.8. The Balaban J connectivity index is 4.32. The highest BCUT2D eigenvalue weighted by atomic mass is 79.9. The monoisotopic (exact) mass is 414 g/mol. The molecule has 0 aromatic heterocycles. The summed E-state index contributed by atoms with van der Waals surface area (Å²) < 4.78 is 27.6. The zero-order valence-corrected chi connectivity index (χ0v) is 14.8. The van der Waals surface area contributed by atoms with E-state index < -0.39 is 7.82 Å². The molecule has 4 nitrogen and oxygen atoms in total. The van der Waals surface area contributed by atoms with Crippen LogP contribution in [-0.2, 0) is 18.1 Å². The van der Waals surface area contributed by atoms with E-state index >= 15 is 0 Å². The first kappa shape index (κ1) is 18.4. The third kappa shape index (κ3) is 8.98. The zero-order chi connectivity index (χ0) is 13.4. The van der Waals surface area contributed by atoms with Crippen LogP contribution in [0.2, 0.25) is 0 Å². The molecular formula is C9H18Br2ClO4P. The largest absolute Gasteiger partial charge is 0.474 e. The molecule has 0 radical (unpaired) electrons. The second-order valence-corrected chi connectivity index (χ2v) is 7.46. The third-order valence-electron chi connectivity index (χ3n) is 1.63. The Labute approximate surface area is 125 Å². The number of hydrogen-bond donors (Lipinski definition) is 0. The molecule has 104 valence electrons. The van der Waals surface area contributed by atoms with E-state index in [1.54, 1.807) is 0 Å². The smallest absolute Gasteiger partial charge is 0.286 e. The first-order valence-electron chi connectivity index (χ1n) is 5.11. The van der Waals surface area contributed by atoms with Crippen LogP contribution in [0.1, 0.15) is 13.8 Å². The number of rotatable bonds is 10. The number of halogens is 3. The minimum absolute atomic E-state index is 0.135. The minimum atomic E-state index is -3.50. The van der Waals surface area contributed by atoms with Crippen molar-refractivity contribution in [3.8, 4) is 0 Å². The quantitative estimate of drug-likeness (QED) is 0.396. The van der Waals surface area contributed by atoms with Gasteiger partial charge in [-0.1, -0.05) is 45.7 Å².